The van der Waals surface area contributed by atoms with E-state index in [1.807, 2.05) is 49.4 Å². The molecule has 1 fully saturated rings. The lowest BCUT2D eigenvalue weighted by Gasteiger charge is -2.23. The molecule has 2 heterocycles. The molecular formula is C26H27FN2O4S. The van der Waals surface area contributed by atoms with Crippen molar-refractivity contribution in [3.05, 3.63) is 90.0 Å². The smallest absolute Gasteiger partial charge is 0.243 e. The van der Waals surface area contributed by atoms with Gasteiger partial charge in [0, 0.05) is 19.2 Å². The minimum atomic E-state index is -3.86. The number of nitrogens with zero attached hydrogens (tertiary/aromatic N) is 2. The van der Waals surface area contributed by atoms with Crippen molar-refractivity contribution in [2.24, 2.45) is 0 Å². The average Bonchev–Trinajstić information content (AvgIpc) is 3.35. The van der Waals surface area contributed by atoms with Crippen molar-refractivity contribution in [2.45, 2.75) is 49.6 Å². The number of ether oxygens (including phenoxy) is 1. The molecule has 4 rings (SSSR count). The molecule has 0 bridgehead atoms. The standard InChI is InChI=1S/C26H27FN2O4S/c1-19(24-8-2-3-16-28-24)33-22-7-4-6-20(18-22)10-15-26(30)25-9-5-17-29(25)34(31,32)23-13-11-21(27)12-14-23/h2-4,6-8,11-14,16,18-19,25H,5,9-10,15,17H2,1H3/t19-,25+/m1/s1. The summed E-state index contributed by atoms with van der Waals surface area (Å²) in [5.41, 5.74) is 1.76. The fraction of sp³-hybridized carbons (Fsp3) is 0.308. The topological polar surface area (TPSA) is 76.6 Å². The number of hydrogen-bond acceptors (Lipinski definition) is 5. The zero-order chi connectivity index (χ0) is 24.1. The third-order valence-electron chi connectivity index (χ3n) is 5.97. The van der Waals surface area contributed by atoms with E-state index in [0.29, 0.717) is 25.0 Å². The number of sulfonamides is 1. The molecule has 2 atom stereocenters. The molecule has 0 N–H and O–H groups in total. The van der Waals surface area contributed by atoms with Gasteiger partial charge in [0.15, 0.2) is 5.78 Å². The molecule has 0 amide bonds. The van der Waals surface area contributed by atoms with Gasteiger partial charge < -0.3 is 4.74 Å². The van der Waals surface area contributed by atoms with Crippen LogP contribution in [0.2, 0.25) is 0 Å². The SMILES string of the molecule is C[C@@H](Oc1cccc(CCC(=O)[C@@H]2CCCN2S(=O)(=O)c2ccc(F)cc2)c1)c1ccccn1. The normalized spacial score (nSPS) is 17.4. The number of Topliss-reactive ketones (excluding diaryl/α,β-unsaturated/α-hetero) is 1. The quantitative estimate of drug-likeness (QED) is 0.441. The van der Waals surface area contributed by atoms with E-state index >= 15 is 0 Å². The molecule has 3 aromatic rings. The Labute approximate surface area is 199 Å². The number of hydrogen-bond donors (Lipinski definition) is 0. The van der Waals surface area contributed by atoms with Crippen LogP contribution in [-0.2, 0) is 21.2 Å². The molecule has 0 spiro atoms. The minimum absolute atomic E-state index is 0.000440. The molecule has 0 saturated carbocycles. The number of halogens is 1. The zero-order valence-corrected chi connectivity index (χ0v) is 19.7. The summed E-state index contributed by atoms with van der Waals surface area (Å²) in [5.74, 6) is 0.0643. The third-order valence-corrected chi connectivity index (χ3v) is 7.89. The van der Waals surface area contributed by atoms with E-state index < -0.39 is 21.9 Å². The third kappa shape index (κ3) is 5.51. The van der Waals surface area contributed by atoms with Crippen LogP contribution >= 0.6 is 0 Å². The Balaban J connectivity index is 1.39. The number of benzene rings is 2. The van der Waals surface area contributed by atoms with Gasteiger partial charge in [0.05, 0.1) is 16.6 Å². The summed E-state index contributed by atoms with van der Waals surface area (Å²) in [7, 11) is -3.86. The minimum Gasteiger partial charge on any atom is -0.484 e. The van der Waals surface area contributed by atoms with Crippen LogP contribution in [0.5, 0.6) is 5.75 Å². The summed E-state index contributed by atoms with van der Waals surface area (Å²) in [4.78, 5) is 17.3. The predicted octanol–water partition coefficient (Wildman–Crippen LogP) is 4.72. The first-order chi connectivity index (χ1) is 16.3. The van der Waals surface area contributed by atoms with E-state index in [0.717, 1.165) is 23.4 Å². The first-order valence-electron chi connectivity index (χ1n) is 11.3. The zero-order valence-electron chi connectivity index (χ0n) is 18.9. The van der Waals surface area contributed by atoms with Gasteiger partial charge in [0.25, 0.3) is 0 Å². The predicted molar refractivity (Wildman–Crippen MR) is 126 cm³/mol. The number of aryl methyl sites for hydroxylation is 1. The molecule has 8 heteroatoms. The molecule has 0 aliphatic carbocycles. The lowest BCUT2D eigenvalue weighted by molar-refractivity contribution is -0.122. The van der Waals surface area contributed by atoms with Crippen LogP contribution in [0.15, 0.2) is 77.8 Å². The maximum atomic E-state index is 13.2. The van der Waals surface area contributed by atoms with Crippen LogP contribution in [0.3, 0.4) is 0 Å². The van der Waals surface area contributed by atoms with Crippen LogP contribution in [0.1, 0.15) is 43.5 Å². The Kier molecular flexibility index (Phi) is 7.38. The second-order valence-corrected chi connectivity index (χ2v) is 10.2. The lowest BCUT2D eigenvalue weighted by Crippen LogP contribution is -2.40. The number of carbonyl (C=O) groups excluding carboxylic acids is 1. The number of rotatable bonds is 9. The van der Waals surface area contributed by atoms with Crippen molar-refractivity contribution in [1.29, 1.82) is 0 Å². The van der Waals surface area contributed by atoms with Gasteiger partial charge in [-0.2, -0.15) is 4.31 Å². The van der Waals surface area contributed by atoms with E-state index in [-0.39, 0.29) is 29.7 Å². The summed E-state index contributed by atoms with van der Waals surface area (Å²) in [6.07, 6.45) is 3.31. The van der Waals surface area contributed by atoms with Gasteiger partial charge in [-0.05, 0) is 80.3 Å². The van der Waals surface area contributed by atoms with E-state index in [1.165, 1.54) is 16.4 Å². The molecule has 34 heavy (non-hydrogen) atoms. The molecule has 6 nitrogen and oxygen atoms in total. The summed E-state index contributed by atoms with van der Waals surface area (Å²) < 4.78 is 46.6. The van der Waals surface area contributed by atoms with Gasteiger partial charge in [-0.3, -0.25) is 9.78 Å². The number of pyridine rings is 1. The molecule has 1 saturated heterocycles. The highest BCUT2D eigenvalue weighted by atomic mass is 32.2. The second-order valence-electron chi connectivity index (χ2n) is 8.36. The van der Waals surface area contributed by atoms with Crippen LogP contribution < -0.4 is 4.74 Å². The summed E-state index contributed by atoms with van der Waals surface area (Å²) in [6.45, 7) is 2.21. The van der Waals surface area contributed by atoms with Crippen molar-refractivity contribution in [1.82, 2.24) is 9.29 Å². The van der Waals surface area contributed by atoms with Crippen molar-refractivity contribution >= 4 is 15.8 Å². The Morgan fingerprint density at radius 3 is 2.68 bits per heavy atom. The van der Waals surface area contributed by atoms with Crippen LogP contribution in [0.4, 0.5) is 4.39 Å². The van der Waals surface area contributed by atoms with E-state index in [9.17, 15) is 17.6 Å². The van der Waals surface area contributed by atoms with E-state index in [1.54, 1.807) is 6.20 Å². The molecular weight excluding hydrogens is 455 g/mol. The highest BCUT2D eigenvalue weighted by Crippen LogP contribution is 2.28. The lowest BCUT2D eigenvalue weighted by atomic mass is 10.0. The highest BCUT2D eigenvalue weighted by molar-refractivity contribution is 7.89. The monoisotopic (exact) mass is 482 g/mol. The second kappa shape index (κ2) is 10.4. The first kappa shape index (κ1) is 24.0. The van der Waals surface area contributed by atoms with Gasteiger partial charge in [-0.1, -0.05) is 18.2 Å². The fourth-order valence-electron chi connectivity index (χ4n) is 4.18. The van der Waals surface area contributed by atoms with Gasteiger partial charge >= 0.3 is 0 Å². The van der Waals surface area contributed by atoms with Crippen LogP contribution in [-0.4, -0.2) is 36.1 Å². The maximum absolute atomic E-state index is 13.2. The Bertz CT molecular complexity index is 1230. The number of ketones is 1. The van der Waals surface area contributed by atoms with Crippen molar-refractivity contribution < 1.29 is 22.3 Å². The Hall–Kier alpha value is -3.10. The number of aromatic nitrogens is 1. The van der Waals surface area contributed by atoms with Crippen molar-refractivity contribution in [2.75, 3.05) is 6.54 Å². The molecule has 0 radical (unpaired) electrons. The summed E-state index contributed by atoms with van der Waals surface area (Å²) >= 11 is 0. The number of carbonyl (C=O) groups is 1. The van der Waals surface area contributed by atoms with Gasteiger partial charge in [0.2, 0.25) is 10.0 Å². The summed E-state index contributed by atoms with van der Waals surface area (Å²) in [6, 6.07) is 17.2. The van der Waals surface area contributed by atoms with E-state index in [2.05, 4.69) is 4.98 Å². The van der Waals surface area contributed by atoms with Crippen LogP contribution in [0.25, 0.3) is 0 Å². The fourth-order valence-corrected chi connectivity index (χ4v) is 5.86. The molecule has 1 aliphatic heterocycles. The molecule has 1 aliphatic rings. The Morgan fingerprint density at radius 1 is 1.15 bits per heavy atom. The van der Waals surface area contributed by atoms with Crippen LogP contribution in [0, 0.1) is 5.82 Å². The maximum Gasteiger partial charge on any atom is 0.243 e. The molecule has 1 aromatic heterocycles. The average molecular weight is 483 g/mol. The molecule has 178 valence electrons. The summed E-state index contributed by atoms with van der Waals surface area (Å²) in [5, 5.41) is 0. The van der Waals surface area contributed by atoms with Crippen molar-refractivity contribution in [3.63, 3.8) is 0 Å². The first-order valence-corrected chi connectivity index (χ1v) is 12.8. The van der Waals surface area contributed by atoms with Crippen molar-refractivity contribution in [3.8, 4) is 5.75 Å². The van der Waals surface area contributed by atoms with E-state index in [4.69, 9.17) is 4.74 Å². The molecule has 2 aromatic carbocycles. The van der Waals surface area contributed by atoms with Gasteiger partial charge in [0.1, 0.15) is 17.7 Å². The molecule has 0 unspecified atom stereocenters. The van der Waals surface area contributed by atoms with Gasteiger partial charge in [-0.25, -0.2) is 12.8 Å². The highest BCUT2D eigenvalue weighted by Gasteiger charge is 2.38. The van der Waals surface area contributed by atoms with Gasteiger partial charge in [-0.15, -0.1) is 0 Å². The largest absolute Gasteiger partial charge is 0.484 e. The Morgan fingerprint density at radius 2 is 1.94 bits per heavy atom.